The number of benzene rings is 1. The second-order valence-corrected chi connectivity index (χ2v) is 6.31. The lowest BCUT2D eigenvalue weighted by molar-refractivity contribution is -0.0339. The zero-order valence-corrected chi connectivity index (χ0v) is 13.1. The first-order valence-electron chi connectivity index (χ1n) is 7.79. The van der Waals surface area contributed by atoms with Crippen molar-refractivity contribution < 1.29 is 4.74 Å². The van der Waals surface area contributed by atoms with Gasteiger partial charge in [-0.05, 0) is 49.3 Å². The van der Waals surface area contributed by atoms with Gasteiger partial charge in [0.15, 0.2) is 0 Å². The zero-order chi connectivity index (χ0) is 14.4. The van der Waals surface area contributed by atoms with Gasteiger partial charge in [0.25, 0.3) is 0 Å². The van der Waals surface area contributed by atoms with Crippen LogP contribution < -0.4 is 5.73 Å². The van der Waals surface area contributed by atoms with Gasteiger partial charge in [-0.15, -0.1) is 0 Å². The average Bonchev–Trinajstić information content (AvgIpc) is 2.47. The van der Waals surface area contributed by atoms with Crippen LogP contribution in [0.1, 0.15) is 44.6 Å². The van der Waals surface area contributed by atoms with Crippen molar-refractivity contribution in [2.75, 3.05) is 6.54 Å². The molecule has 3 unspecified atom stereocenters. The highest BCUT2D eigenvalue weighted by Crippen LogP contribution is 2.34. The van der Waals surface area contributed by atoms with Crippen LogP contribution in [0.25, 0.3) is 0 Å². The van der Waals surface area contributed by atoms with E-state index in [9.17, 15) is 0 Å². The number of hydrogen-bond acceptors (Lipinski definition) is 2. The van der Waals surface area contributed by atoms with Crippen LogP contribution in [0.4, 0.5) is 0 Å². The molecule has 0 saturated heterocycles. The predicted molar refractivity (Wildman–Crippen MR) is 84.8 cm³/mol. The van der Waals surface area contributed by atoms with Crippen LogP contribution in [-0.4, -0.2) is 12.6 Å². The van der Waals surface area contributed by atoms with E-state index in [-0.39, 0.29) is 0 Å². The molecular formula is C17H26ClNO. The smallest absolute Gasteiger partial charge is 0.0735 e. The molecule has 2 N–H and O–H groups in total. The highest BCUT2D eigenvalue weighted by molar-refractivity contribution is 6.31. The normalized spacial score (nSPS) is 26.6. The molecule has 3 heteroatoms. The monoisotopic (exact) mass is 295 g/mol. The van der Waals surface area contributed by atoms with Crippen LogP contribution in [0, 0.1) is 11.8 Å². The average molecular weight is 296 g/mol. The van der Waals surface area contributed by atoms with Gasteiger partial charge in [0, 0.05) is 5.02 Å². The van der Waals surface area contributed by atoms with Crippen molar-refractivity contribution >= 4 is 11.6 Å². The van der Waals surface area contributed by atoms with E-state index in [4.69, 9.17) is 22.1 Å². The Morgan fingerprint density at radius 2 is 2.10 bits per heavy atom. The molecule has 1 fully saturated rings. The third-order valence-corrected chi connectivity index (χ3v) is 4.82. The summed E-state index contributed by atoms with van der Waals surface area (Å²) in [5.41, 5.74) is 6.98. The molecule has 1 aliphatic rings. The Hall–Kier alpha value is -0.570. The minimum Gasteiger partial charge on any atom is -0.373 e. The van der Waals surface area contributed by atoms with Crippen LogP contribution in [-0.2, 0) is 11.3 Å². The van der Waals surface area contributed by atoms with Gasteiger partial charge in [0.1, 0.15) is 0 Å². The largest absolute Gasteiger partial charge is 0.373 e. The van der Waals surface area contributed by atoms with Gasteiger partial charge in [-0.3, -0.25) is 0 Å². The summed E-state index contributed by atoms with van der Waals surface area (Å²) in [6.07, 6.45) is 6.52. The summed E-state index contributed by atoms with van der Waals surface area (Å²) < 4.78 is 6.17. The lowest BCUT2D eigenvalue weighted by Gasteiger charge is -2.35. The van der Waals surface area contributed by atoms with Crippen molar-refractivity contribution in [3.63, 3.8) is 0 Å². The summed E-state index contributed by atoms with van der Waals surface area (Å²) in [4.78, 5) is 0. The highest BCUT2D eigenvalue weighted by atomic mass is 35.5. The first-order valence-corrected chi connectivity index (χ1v) is 8.17. The maximum absolute atomic E-state index is 6.19. The Morgan fingerprint density at radius 3 is 2.80 bits per heavy atom. The van der Waals surface area contributed by atoms with Crippen LogP contribution >= 0.6 is 11.6 Å². The molecule has 0 spiro atoms. The molecular weight excluding hydrogens is 270 g/mol. The van der Waals surface area contributed by atoms with Crippen molar-refractivity contribution in [3.8, 4) is 0 Å². The number of halogens is 1. The zero-order valence-electron chi connectivity index (χ0n) is 12.4. The van der Waals surface area contributed by atoms with Crippen LogP contribution in [0.3, 0.4) is 0 Å². The van der Waals surface area contributed by atoms with E-state index in [2.05, 4.69) is 6.92 Å². The molecule has 0 radical (unpaired) electrons. The minimum absolute atomic E-state index is 0.293. The third kappa shape index (κ3) is 4.21. The van der Waals surface area contributed by atoms with Gasteiger partial charge in [0.05, 0.1) is 12.7 Å². The molecule has 20 heavy (non-hydrogen) atoms. The SMILES string of the molecule is CCCC1CCC(CN)C(OCc2ccccc2Cl)C1. The maximum Gasteiger partial charge on any atom is 0.0735 e. The molecule has 1 aliphatic carbocycles. The third-order valence-electron chi connectivity index (χ3n) is 4.45. The van der Waals surface area contributed by atoms with Crippen molar-refractivity contribution in [2.24, 2.45) is 17.6 Å². The Labute approximate surface area is 127 Å². The quantitative estimate of drug-likeness (QED) is 0.844. The molecule has 2 nitrogen and oxygen atoms in total. The molecule has 1 aromatic rings. The molecule has 2 rings (SSSR count). The van der Waals surface area contributed by atoms with E-state index in [1.54, 1.807) is 0 Å². The molecule has 0 aliphatic heterocycles. The summed E-state index contributed by atoms with van der Waals surface area (Å²) in [7, 11) is 0. The van der Waals surface area contributed by atoms with Crippen LogP contribution in [0.15, 0.2) is 24.3 Å². The van der Waals surface area contributed by atoms with Crippen LogP contribution in [0.5, 0.6) is 0 Å². The summed E-state index contributed by atoms with van der Waals surface area (Å²) in [6, 6.07) is 7.91. The van der Waals surface area contributed by atoms with E-state index < -0.39 is 0 Å². The fourth-order valence-electron chi connectivity index (χ4n) is 3.23. The first kappa shape index (κ1) is 15.8. The Kier molecular flexibility index (Phi) is 6.34. The summed E-state index contributed by atoms with van der Waals surface area (Å²) in [5, 5.41) is 0.790. The number of rotatable bonds is 6. The fraction of sp³-hybridized carbons (Fsp3) is 0.647. The van der Waals surface area contributed by atoms with Gasteiger partial charge >= 0.3 is 0 Å². The molecule has 0 bridgehead atoms. The van der Waals surface area contributed by atoms with Gasteiger partial charge < -0.3 is 10.5 Å². The van der Waals surface area contributed by atoms with Gasteiger partial charge in [0.2, 0.25) is 0 Å². The summed E-state index contributed by atoms with van der Waals surface area (Å²) in [5.74, 6) is 1.31. The van der Waals surface area contributed by atoms with E-state index in [1.165, 1.54) is 25.7 Å². The molecule has 0 amide bonds. The fourth-order valence-corrected chi connectivity index (χ4v) is 3.42. The molecule has 1 saturated carbocycles. The highest BCUT2D eigenvalue weighted by Gasteiger charge is 2.29. The van der Waals surface area contributed by atoms with Gasteiger partial charge in [-0.1, -0.05) is 49.6 Å². The second kappa shape index (κ2) is 8.02. The van der Waals surface area contributed by atoms with E-state index >= 15 is 0 Å². The molecule has 112 valence electrons. The lowest BCUT2D eigenvalue weighted by Crippen LogP contribution is -2.36. The van der Waals surface area contributed by atoms with Crippen molar-refractivity contribution in [1.82, 2.24) is 0 Å². The van der Waals surface area contributed by atoms with Crippen molar-refractivity contribution in [1.29, 1.82) is 0 Å². The van der Waals surface area contributed by atoms with E-state index in [1.807, 2.05) is 24.3 Å². The predicted octanol–water partition coefficient (Wildman–Crippen LogP) is 4.40. The second-order valence-electron chi connectivity index (χ2n) is 5.90. The standard InChI is InChI=1S/C17H26ClNO/c1-2-5-13-8-9-14(11-19)17(10-13)20-12-15-6-3-4-7-16(15)18/h3-4,6-7,13-14,17H,2,5,8-12,19H2,1H3. The van der Waals surface area contributed by atoms with E-state index in [0.717, 1.165) is 29.5 Å². The molecule has 0 heterocycles. The topological polar surface area (TPSA) is 35.2 Å². The van der Waals surface area contributed by atoms with Gasteiger partial charge in [-0.25, -0.2) is 0 Å². The lowest BCUT2D eigenvalue weighted by atomic mass is 9.78. The summed E-state index contributed by atoms with van der Waals surface area (Å²) >= 11 is 6.19. The Morgan fingerprint density at radius 1 is 1.30 bits per heavy atom. The van der Waals surface area contributed by atoms with Crippen LogP contribution in [0.2, 0.25) is 5.02 Å². The Bertz CT molecular complexity index is 410. The number of nitrogens with two attached hydrogens (primary N) is 1. The molecule has 1 aromatic carbocycles. The summed E-state index contributed by atoms with van der Waals surface area (Å²) in [6.45, 7) is 3.58. The first-order chi connectivity index (χ1) is 9.74. The number of ether oxygens (including phenoxy) is 1. The molecule has 3 atom stereocenters. The number of hydrogen-bond donors (Lipinski definition) is 1. The van der Waals surface area contributed by atoms with E-state index in [0.29, 0.717) is 18.6 Å². The minimum atomic E-state index is 0.293. The van der Waals surface area contributed by atoms with Gasteiger partial charge in [-0.2, -0.15) is 0 Å². The van der Waals surface area contributed by atoms with Crippen molar-refractivity contribution in [2.45, 2.75) is 51.7 Å². The Balaban J connectivity index is 1.92. The maximum atomic E-state index is 6.19. The molecule has 0 aromatic heterocycles. The van der Waals surface area contributed by atoms with Crippen molar-refractivity contribution in [3.05, 3.63) is 34.9 Å².